The van der Waals surface area contributed by atoms with Gasteiger partial charge in [0.1, 0.15) is 10.7 Å². The van der Waals surface area contributed by atoms with Crippen LogP contribution in [0.3, 0.4) is 0 Å². The molecule has 0 aromatic carbocycles. The van der Waals surface area contributed by atoms with Gasteiger partial charge in [0, 0.05) is 13.1 Å². The van der Waals surface area contributed by atoms with Crippen molar-refractivity contribution >= 4 is 27.5 Å². The third-order valence-electron chi connectivity index (χ3n) is 3.76. The average molecular weight is 291 g/mol. The second kappa shape index (κ2) is 5.01. The van der Waals surface area contributed by atoms with Crippen LogP contribution in [0.5, 0.6) is 0 Å². The molecule has 0 atom stereocenters. The number of nitrogens with one attached hydrogen (secondary N) is 1. The maximum Gasteiger partial charge on any atom is 0.264 e. The topological polar surface area (TPSA) is 66.1 Å². The van der Waals surface area contributed by atoms with Gasteiger partial charge in [0.25, 0.3) is 11.5 Å². The minimum absolute atomic E-state index is 0.0438. The number of hydrogen-bond acceptors (Lipinski definition) is 4. The number of carbonyl (C=O) groups excluding carboxylic acids is 1. The second-order valence-electron chi connectivity index (χ2n) is 5.24. The summed E-state index contributed by atoms with van der Waals surface area (Å²) in [6.45, 7) is 5.22. The highest BCUT2D eigenvalue weighted by Crippen LogP contribution is 2.28. The molecule has 20 heavy (non-hydrogen) atoms. The lowest BCUT2D eigenvalue weighted by Gasteiger charge is -2.26. The van der Waals surface area contributed by atoms with Crippen molar-refractivity contribution in [1.82, 2.24) is 14.9 Å². The number of rotatable bonds is 1. The molecule has 106 valence electrons. The summed E-state index contributed by atoms with van der Waals surface area (Å²) in [5.74, 6) is 0.628. The molecule has 0 spiro atoms. The van der Waals surface area contributed by atoms with Gasteiger partial charge in [0.05, 0.1) is 10.3 Å². The van der Waals surface area contributed by atoms with Gasteiger partial charge in [-0.2, -0.15) is 0 Å². The van der Waals surface area contributed by atoms with Crippen molar-refractivity contribution in [2.45, 2.75) is 33.1 Å². The van der Waals surface area contributed by atoms with Crippen LogP contribution in [0.4, 0.5) is 0 Å². The van der Waals surface area contributed by atoms with E-state index in [2.05, 4.69) is 9.97 Å². The molecule has 1 amide bonds. The first-order valence-electron chi connectivity index (χ1n) is 6.87. The van der Waals surface area contributed by atoms with Crippen LogP contribution in [0.25, 0.3) is 10.2 Å². The molecule has 1 fully saturated rings. The molecule has 0 bridgehead atoms. The molecule has 0 radical (unpaired) electrons. The third kappa shape index (κ3) is 2.14. The first-order chi connectivity index (χ1) is 9.58. The van der Waals surface area contributed by atoms with Gasteiger partial charge in [-0.1, -0.05) is 0 Å². The number of H-pyrrole nitrogens is 1. The lowest BCUT2D eigenvalue weighted by Crippen LogP contribution is -2.35. The molecule has 2 aromatic heterocycles. The molecule has 1 N–H and O–H groups in total. The van der Waals surface area contributed by atoms with Crippen LogP contribution in [0.15, 0.2) is 4.79 Å². The zero-order valence-electron chi connectivity index (χ0n) is 11.7. The summed E-state index contributed by atoms with van der Waals surface area (Å²) >= 11 is 1.33. The third-order valence-corrected chi connectivity index (χ3v) is 4.93. The van der Waals surface area contributed by atoms with Gasteiger partial charge in [-0.15, -0.1) is 11.3 Å². The molecule has 0 unspecified atom stereocenters. The van der Waals surface area contributed by atoms with Crippen molar-refractivity contribution in [3.8, 4) is 0 Å². The van der Waals surface area contributed by atoms with Crippen molar-refractivity contribution < 1.29 is 4.79 Å². The van der Waals surface area contributed by atoms with Crippen LogP contribution in [-0.2, 0) is 0 Å². The van der Waals surface area contributed by atoms with Gasteiger partial charge in [0.2, 0.25) is 0 Å². The van der Waals surface area contributed by atoms with Crippen molar-refractivity contribution in [2.75, 3.05) is 13.1 Å². The Bertz CT molecular complexity index is 726. The first kappa shape index (κ1) is 13.3. The SMILES string of the molecule is Cc1nc2sc(C(=O)N3CCCCC3)c(C)c2c(=O)[nH]1. The number of nitrogens with zero attached hydrogens (tertiary/aromatic N) is 2. The van der Waals surface area contributed by atoms with Gasteiger partial charge >= 0.3 is 0 Å². The number of carbonyl (C=O) groups is 1. The van der Waals surface area contributed by atoms with E-state index in [1.54, 1.807) is 6.92 Å². The lowest BCUT2D eigenvalue weighted by atomic mass is 10.1. The molecule has 1 saturated heterocycles. The van der Waals surface area contributed by atoms with Crippen molar-refractivity contribution in [1.29, 1.82) is 0 Å². The standard InChI is InChI=1S/C14H17N3O2S/c1-8-10-12(18)15-9(2)16-13(10)20-11(8)14(19)17-6-4-3-5-7-17/h3-7H2,1-2H3,(H,15,16,18). The van der Waals surface area contributed by atoms with E-state index >= 15 is 0 Å². The Balaban J connectivity index is 2.08. The molecular weight excluding hydrogens is 274 g/mol. The highest BCUT2D eigenvalue weighted by molar-refractivity contribution is 7.20. The van der Waals surface area contributed by atoms with Gasteiger partial charge in [-0.25, -0.2) is 4.98 Å². The number of hydrogen-bond donors (Lipinski definition) is 1. The predicted molar refractivity (Wildman–Crippen MR) is 79.5 cm³/mol. The van der Waals surface area contributed by atoms with Crippen molar-refractivity contribution in [3.05, 3.63) is 26.6 Å². The first-order valence-corrected chi connectivity index (χ1v) is 7.69. The number of fused-ring (bicyclic) bond motifs is 1. The zero-order valence-corrected chi connectivity index (χ0v) is 12.5. The van der Waals surface area contributed by atoms with E-state index in [0.717, 1.165) is 31.5 Å². The van der Waals surface area contributed by atoms with E-state index < -0.39 is 0 Å². The average Bonchev–Trinajstić information content (AvgIpc) is 2.76. The van der Waals surface area contributed by atoms with Crippen LogP contribution in [0, 0.1) is 13.8 Å². The van der Waals surface area contributed by atoms with E-state index in [9.17, 15) is 9.59 Å². The number of aryl methyl sites for hydroxylation is 2. The van der Waals surface area contributed by atoms with Crippen LogP contribution >= 0.6 is 11.3 Å². The summed E-state index contributed by atoms with van der Waals surface area (Å²) in [4.78, 5) is 34.8. The van der Waals surface area contributed by atoms with Gasteiger partial charge < -0.3 is 9.88 Å². The number of amides is 1. The molecule has 3 rings (SSSR count). The summed E-state index contributed by atoms with van der Waals surface area (Å²) in [6.07, 6.45) is 3.32. The molecule has 1 aliphatic heterocycles. The Morgan fingerprint density at radius 2 is 1.95 bits per heavy atom. The quantitative estimate of drug-likeness (QED) is 0.876. The number of aromatic amines is 1. The molecule has 0 saturated carbocycles. The lowest BCUT2D eigenvalue weighted by molar-refractivity contribution is 0.0728. The largest absolute Gasteiger partial charge is 0.338 e. The van der Waals surface area contributed by atoms with E-state index in [0.29, 0.717) is 20.9 Å². The Labute approximate surface area is 120 Å². The maximum absolute atomic E-state index is 12.6. The molecule has 5 nitrogen and oxygen atoms in total. The predicted octanol–water partition coefficient (Wildman–Crippen LogP) is 2.23. The van der Waals surface area contributed by atoms with Gasteiger partial charge in [-0.05, 0) is 38.7 Å². The van der Waals surface area contributed by atoms with E-state index in [-0.39, 0.29) is 11.5 Å². The fourth-order valence-electron chi connectivity index (χ4n) is 2.70. The monoisotopic (exact) mass is 291 g/mol. The number of likely N-dealkylation sites (tertiary alicyclic amines) is 1. The van der Waals surface area contributed by atoms with E-state index in [4.69, 9.17) is 0 Å². The Hall–Kier alpha value is -1.69. The van der Waals surface area contributed by atoms with Gasteiger partial charge in [-0.3, -0.25) is 9.59 Å². The molecule has 0 aliphatic carbocycles. The van der Waals surface area contributed by atoms with Crippen LogP contribution in [0.2, 0.25) is 0 Å². The maximum atomic E-state index is 12.6. The summed E-state index contributed by atoms with van der Waals surface area (Å²) < 4.78 is 0. The highest BCUT2D eigenvalue weighted by atomic mass is 32.1. The van der Waals surface area contributed by atoms with Crippen LogP contribution in [-0.4, -0.2) is 33.9 Å². The second-order valence-corrected chi connectivity index (χ2v) is 6.24. The number of aromatic nitrogens is 2. The minimum atomic E-state index is -0.154. The minimum Gasteiger partial charge on any atom is -0.338 e. The van der Waals surface area contributed by atoms with Crippen LogP contribution < -0.4 is 5.56 Å². The van der Waals surface area contributed by atoms with Crippen LogP contribution in [0.1, 0.15) is 40.3 Å². The van der Waals surface area contributed by atoms with Crippen molar-refractivity contribution in [2.24, 2.45) is 0 Å². The summed E-state index contributed by atoms with van der Waals surface area (Å²) in [7, 11) is 0. The molecule has 6 heteroatoms. The summed E-state index contributed by atoms with van der Waals surface area (Å²) in [5, 5.41) is 0.556. The Morgan fingerprint density at radius 1 is 1.25 bits per heavy atom. The number of piperidine rings is 1. The summed E-state index contributed by atoms with van der Waals surface area (Å²) in [6, 6.07) is 0. The molecule has 2 aromatic rings. The Kier molecular flexibility index (Phi) is 3.33. The fourth-order valence-corrected chi connectivity index (χ4v) is 3.89. The van der Waals surface area contributed by atoms with E-state index in [1.165, 1.54) is 17.8 Å². The smallest absolute Gasteiger partial charge is 0.264 e. The Morgan fingerprint density at radius 3 is 2.65 bits per heavy atom. The zero-order chi connectivity index (χ0) is 14.3. The van der Waals surface area contributed by atoms with E-state index in [1.807, 2.05) is 11.8 Å². The highest BCUT2D eigenvalue weighted by Gasteiger charge is 2.24. The molecular formula is C14H17N3O2S. The molecule has 3 heterocycles. The number of thiophene rings is 1. The fraction of sp³-hybridized carbons (Fsp3) is 0.500. The molecule has 1 aliphatic rings. The normalized spacial score (nSPS) is 15.8. The summed E-state index contributed by atoms with van der Waals surface area (Å²) in [5.41, 5.74) is 0.605. The van der Waals surface area contributed by atoms with Gasteiger partial charge in [0.15, 0.2) is 0 Å². The van der Waals surface area contributed by atoms with Crippen molar-refractivity contribution in [3.63, 3.8) is 0 Å².